The van der Waals surface area contributed by atoms with Gasteiger partial charge in [0.1, 0.15) is 0 Å². The zero-order chi connectivity index (χ0) is 10.8. The molecule has 1 aromatic carbocycles. The maximum atomic E-state index is 5.71. The summed E-state index contributed by atoms with van der Waals surface area (Å²) in [6.45, 7) is 6.09. The molecule has 0 aliphatic rings. The van der Waals surface area contributed by atoms with Crippen LogP contribution in [0.25, 0.3) is 0 Å². The van der Waals surface area contributed by atoms with E-state index in [2.05, 4.69) is 6.07 Å². The van der Waals surface area contributed by atoms with Crippen molar-refractivity contribution in [3.63, 3.8) is 0 Å². The molecule has 2 nitrogen and oxygen atoms in total. The molecule has 1 aromatic rings. The van der Waals surface area contributed by atoms with Gasteiger partial charge in [0.05, 0.1) is 5.60 Å². The smallest absolute Gasteiger partial charge is 0.514 e. The molecule has 0 aliphatic heterocycles. The molecule has 0 N–H and O–H groups in total. The number of benzene rings is 1. The number of rotatable bonds is 2. The first-order valence-corrected chi connectivity index (χ1v) is 4.77. The van der Waals surface area contributed by atoms with Crippen molar-refractivity contribution in [1.82, 2.24) is 0 Å². The van der Waals surface area contributed by atoms with Gasteiger partial charge in [-0.1, -0.05) is 5.69 Å². The zero-order valence-electron chi connectivity index (χ0n) is 10.6. The molecule has 0 spiro atoms. The van der Waals surface area contributed by atoms with Crippen molar-refractivity contribution in [3.8, 4) is 5.75 Å². The number of anilines is 1. The first kappa shape index (κ1) is 14.4. The van der Waals surface area contributed by atoms with E-state index in [1.165, 1.54) is 0 Å². The van der Waals surface area contributed by atoms with E-state index in [1.54, 1.807) is 0 Å². The predicted molar refractivity (Wildman–Crippen MR) is 60.0 cm³/mol. The van der Waals surface area contributed by atoms with Gasteiger partial charge in [-0.2, -0.15) is 6.07 Å². The van der Waals surface area contributed by atoms with E-state index >= 15 is 0 Å². The van der Waals surface area contributed by atoms with Gasteiger partial charge in [0, 0.05) is 19.8 Å². The fraction of sp³-hybridized carbons (Fsp3) is 0.500. The Bertz CT molecular complexity index is 305. The van der Waals surface area contributed by atoms with Gasteiger partial charge in [-0.3, -0.25) is 0 Å². The zero-order valence-corrected chi connectivity index (χ0v) is 10.6. The second-order valence-corrected chi connectivity index (χ2v) is 4.51. The van der Waals surface area contributed by atoms with Crippen LogP contribution in [0.5, 0.6) is 5.75 Å². The van der Waals surface area contributed by atoms with E-state index in [9.17, 15) is 0 Å². The molecule has 78 valence electrons. The molecular weight excluding hydrogens is 181 g/mol. The average Bonchev–Trinajstić information content (AvgIpc) is 2.01. The summed E-state index contributed by atoms with van der Waals surface area (Å²) in [5.41, 5.74) is 0.869. The molecule has 3 heteroatoms. The minimum absolute atomic E-state index is 0. The van der Waals surface area contributed by atoms with Crippen molar-refractivity contribution >= 4 is 5.69 Å². The Morgan fingerprint density at radius 2 is 1.80 bits per heavy atom. The maximum Gasteiger partial charge on any atom is 1.00 e. The van der Waals surface area contributed by atoms with E-state index in [1.807, 2.05) is 58.0 Å². The fourth-order valence-corrected chi connectivity index (χ4v) is 1.09. The maximum absolute atomic E-state index is 5.71. The summed E-state index contributed by atoms with van der Waals surface area (Å²) in [6, 6.07) is 9.12. The minimum atomic E-state index is -0.165. The van der Waals surface area contributed by atoms with Gasteiger partial charge in [-0.15, -0.1) is 18.2 Å². The third-order valence-electron chi connectivity index (χ3n) is 1.65. The Morgan fingerprint density at radius 3 is 2.27 bits per heavy atom. The summed E-state index contributed by atoms with van der Waals surface area (Å²) in [5.74, 6) is 0.795. The third-order valence-corrected chi connectivity index (χ3v) is 1.65. The second kappa shape index (κ2) is 5.49. The summed E-state index contributed by atoms with van der Waals surface area (Å²) in [5, 5.41) is 0. The number of nitrogens with zero attached hydrogens (tertiary/aromatic N) is 1. The molecule has 0 saturated heterocycles. The molecule has 0 aliphatic carbocycles. The van der Waals surface area contributed by atoms with Crippen LogP contribution in [0, 0.1) is 6.07 Å². The molecule has 15 heavy (non-hydrogen) atoms. The summed E-state index contributed by atoms with van der Waals surface area (Å²) in [6.07, 6.45) is 0. The van der Waals surface area contributed by atoms with Crippen molar-refractivity contribution in [2.75, 3.05) is 19.0 Å². The van der Waals surface area contributed by atoms with Crippen molar-refractivity contribution in [2.45, 2.75) is 26.4 Å². The molecule has 0 aromatic heterocycles. The molecule has 0 radical (unpaired) electrons. The monoisotopic (exact) mass is 199 g/mol. The van der Waals surface area contributed by atoms with Crippen molar-refractivity contribution in [2.24, 2.45) is 0 Å². The number of hydrogen-bond acceptors (Lipinski definition) is 2. The van der Waals surface area contributed by atoms with Crippen LogP contribution in [0.3, 0.4) is 0 Å². The van der Waals surface area contributed by atoms with Crippen LogP contribution < -0.4 is 28.5 Å². The summed E-state index contributed by atoms with van der Waals surface area (Å²) in [7, 11) is 3.99. The Morgan fingerprint density at radius 1 is 1.20 bits per heavy atom. The third kappa shape index (κ3) is 5.16. The van der Waals surface area contributed by atoms with Gasteiger partial charge in [-0.25, -0.2) is 0 Å². The van der Waals surface area contributed by atoms with Crippen molar-refractivity contribution in [1.29, 1.82) is 0 Å². The van der Waals surface area contributed by atoms with Crippen molar-refractivity contribution in [3.05, 3.63) is 24.3 Å². The molecule has 0 amide bonds. The summed E-state index contributed by atoms with van der Waals surface area (Å²) < 4.78 is 5.71. The first-order valence-electron chi connectivity index (χ1n) is 4.77. The first-order chi connectivity index (χ1) is 6.38. The van der Waals surface area contributed by atoms with Gasteiger partial charge in [0.2, 0.25) is 0 Å². The van der Waals surface area contributed by atoms with E-state index in [0.29, 0.717) is 0 Å². The van der Waals surface area contributed by atoms with Crippen LogP contribution in [0.2, 0.25) is 0 Å². The van der Waals surface area contributed by atoms with Crippen LogP contribution in [0.15, 0.2) is 18.2 Å². The summed E-state index contributed by atoms with van der Waals surface area (Å²) >= 11 is 0. The van der Waals surface area contributed by atoms with E-state index in [4.69, 9.17) is 4.74 Å². The number of hydrogen-bond donors (Lipinski definition) is 0. The molecular formula is C12H18LiNO. The second-order valence-electron chi connectivity index (χ2n) is 4.51. The van der Waals surface area contributed by atoms with Gasteiger partial charge < -0.3 is 9.64 Å². The van der Waals surface area contributed by atoms with E-state index < -0.39 is 0 Å². The molecule has 0 bridgehead atoms. The van der Waals surface area contributed by atoms with Gasteiger partial charge >= 0.3 is 18.9 Å². The molecule has 0 atom stereocenters. The van der Waals surface area contributed by atoms with Crippen LogP contribution in [-0.2, 0) is 0 Å². The standard InChI is InChI=1S/C12H18NO.Li/c1-12(2,3)14-11-8-6-7-10(9-11)13(4)5;/h6-8H,1-5H3;/q-1;+1. The largest absolute Gasteiger partial charge is 1.00 e. The molecule has 0 heterocycles. The Labute approximate surface area is 105 Å². The quantitative estimate of drug-likeness (QED) is 0.480. The van der Waals surface area contributed by atoms with Crippen LogP contribution >= 0.6 is 0 Å². The average molecular weight is 199 g/mol. The summed E-state index contributed by atoms with van der Waals surface area (Å²) in [4.78, 5) is 2.01. The molecule has 0 unspecified atom stereocenters. The Kier molecular flexibility index (Phi) is 5.27. The molecule has 0 saturated carbocycles. The topological polar surface area (TPSA) is 12.5 Å². The SMILES string of the molecule is CN(C)c1[c-]c(OC(C)(C)C)ccc1.[Li+]. The van der Waals surface area contributed by atoms with Crippen molar-refractivity contribution < 1.29 is 23.6 Å². The number of ether oxygens (including phenoxy) is 1. The molecule has 0 fully saturated rings. The van der Waals surface area contributed by atoms with Gasteiger partial charge in [0.25, 0.3) is 0 Å². The Balaban J connectivity index is 0.00000196. The van der Waals surface area contributed by atoms with E-state index in [0.717, 1.165) is 11.4 Å². The van der Waals surface area contributed by atoms with Gasteiger partial charge in [-0.05, 0) is 20.8 Å². The Hall–Kier alpha value is -0.583. The predicted octanol–water partition coefficient (Wildman–Crippen LogP) is -0.266. The fourth-order valence-electron chi connectivity index (χ4n) is 1.09. The minimum Gasteiger partial charge on any atom is -0.514 e. The van der Waals surface area contributed by atoms with Crippen LogP contribution in [0.1, 0.15) is 20.8 Å². The van der Waals surface area contributed by atoms with E-state index in [-0.39, 0.29) is 24.5 Å². The molecule has 1 rings (SSSR count). The van der Waals surface area contributed by atoms with Gasteiger partial charge in [0.15, 0.2) is 0 Å². The normalized spacial score (nSPS) is 10.5. The van der Waals surface area contributed by atoms with Crippen LogP contribution in [-0.4, -0.2) is 19.7 Å². The van der Waals surface area contributed by atoms with Crippen LogP contribution in [0.4, 0.5) is 5.69 Å².